The monoisotopic (exact) mass is 354 g/mol. The molecule has 0 N–H and O–H groups in total. The first-order chi connectivity index (χ1) is 11.4. The molecule has 0 aliphatic carbocycles. The summed E-state index contributed by atoms with van der Waals surface area (Å²) in [5.74, 6) is 0. The van der Waals surface area contributed by atoms with E-state index in [2.05, 4.69) is 110 Å². The fourth-order valence-corrected chi connectivity index (χ4v) is 7.27. The molecule has 0 heterocycles. The highest BCUT2D eigenvalue weighted by Crippen LogP contribution is 2.61. The Balaban J connectivity index is 2.36. The lowest BCUT2D eigenvalue weighted by molar-refractivity contribution is 0.640. The minimum Gasteiger partial charge on any atom is -0.0911 e. The minimum absolute atomic E-state index is 0.0312. The van der Waals surface area contributed by atoms with Crippen molar-refractivity contribution >= 4 is 7.92 Å². The molecule has 0 bridgehead atoms. The Labute approximate surface area is 156 Å². The van der Waals surface area contributed by atoms with Gasteiger partial charge in [-0.25, -0.2) is 0 Å². The molecule has 0 amide bonds. The third-order valence-electron chi connectivity index (χ3n) is 5.10. The maximum Gasteiger partial charge on any atom is 0.0146 e. The van der Waals surface area contributed by atoms with Gasteiger partial charge in [-0.2, -0.15) is 0 Å². The van der Waals surface area contributed by atoms with Crippen LogP contribution < -0.4 is 0 Å². The van der Waals surface area contributed by atoms with Gasteiger partial charge in [-0.1, -0.05) is 118 Å². The Kier molecular flexibility index (Phi) is 5.85. The maximum atomic E-state index is 2.44. The number of rotatable bonds is 4. The van der Waals surface area contributed by atoms with E-state index in [1.165, 1.54) is 22.9 Å². The van der Waals surface area contributed by atoms with Gasteiger partial charge in [-0.15, -0.1) is 0 Å². The molecule has 0 aliphatic heterocycles. The maximum absolute atomic E-state index is 2.44. The van der Waals surface area contributed by atoms with E-state index in [0.717, 1.165) is 0 Å². The SMILES string of the molecule is CC(C)(c1ccccc1)c1cccc(CP(C(C)(C)C)C(C)(C)C)c1. The Bertz CT molecular complexity index is 670. The van der Waals surface area contributed by atoms with E-state index in [1.54, 1.807) is 0 Å². The summed E-state index contributed by atoms with van der Waals surface area (Å²) >= 11 is 0. The minimum atomic E-state index is -0.122. The van der Waals surface area contributed by atoms with Crippen molar-refractivity contribution in [3.63, 3.8) is 0 Å². The van der Waals surface area contributed by atoms with E-state index in [0.29, 0.717) is 10.3 Å². The summed E-state index contributed by atoms with van der Waals surface area (Å²) in [5.41, 5.74) is 4.30. The average Bonchev–Trinajstić information content (AvgIpc) is 2.51. The summed E-state index contributed by atoms with van der Waals surface area (Å²) < 4.78 is 0. The number of benzene rings is 2. The van der Waals surface area contributed by atoms with Crippen LogP contribution in [-0.4, -0.2) is 10.3 Å². The van der Waals surface area contributed by atoms with Gasteiger partial charge in [0, 0.05) is 5.41 Å². The molecule has 0 aliphatic rings. The van der Waals surface area contributed by atoms with Crippen LogP contribution in [0.15, 0.2) is 54.6 Å². The van der Waals surface area contributed by atoms with Crippen LogP contribution in [0.2, 0.25) is 0 Å². The second kappa shape index (κ2) is 7.24. The Morgan fingerprint density at radius 1 is 0.640 bits per heavy atom. The average molecular weight is 355 g/mol. The Hall–Kier alpha value is -1.13. The lowest BCUT2D eigenvalue weighted by Gasteiger charge is -2.42. The van der Waals surface area contributed by atoms with Crippen molar-refractivity contribution in [2.45, 2.75) is 77.3 Å². The van der Waals surface area contributed by atoms with Crippen LogP contribution in [0.4, 0.5) is 0 Å². The summed E-state index contributed by atoms with van der Waals surface area (Å²) in [7, 11) is -0.122. The summed E-state index contributed by atoms with van der Waals surface area (Å²) in [5, 5.41) is 0.719. The molecule has 0 fully saturated rings. The summed E-state index contributed by atoms with van der Waals surface area (Å²) in [4.78, 5) is 0. The van der Waals surface area contributed by atoms with Crippen molar-refractivity contribution in [3.8, 4) is 0 Å². The van der Waals surface area contributed by atoms with Crippen LogP contribution in [-0.2, 0) is 11.6 Å². The zero-order chi connectivity index (χ0) is 18.9. The quantitative estimate of drug-likeness (QED) is 0.496. The Morgan fingerprint density at radius 2 is 1.16 bits per heavy atom. The van der Waals surface area contributed by atoms with Gasteiger partial charge in [-0.05, 0) is 33.2 Å². The van der Waals surface area contributed by atoms with Crippen LogP contribution in [0.5, 0.6) is 0 Å². The smallest absolute Gasteiger partial charge is 0.0146 e. The van der Waals surface area contributed by atoms with E-state index in [1.807, 2.05) is 0 Å². The fraction of sp³-hybridized carbons (Fsp3) is 0.500. The second-order valence-corrected chi connectivity index (χ2v) is 13.5. The molecule has 2 rings (SSSR count). The fourth-order valence-electron chi connectivity index (χ4n) is 3.74. The zero-order valence-corrected chi connectivity index (χ0v) is 18.2. The largest absolute Gasteiger partial charge is 0.0911 e. The van der Waals surface area contributed by atoms with Crippen LogP contribution in [0.1, 0.15) is 72.1 Å². The number of hydrogen-bond donors (Lipinski definition) is 0. The van der Waals surface area contributed by atoms with Crippen molar-refractivity contribution in [1.82, 2.24) is 0 Å². The first-order valence-corrected chi connectivity index (χ1v) is 10.9. The molecule has 0 nitrogen and oxygen atoms in total. The molecule has 0 atom stereocenters. The molecule has 2 aromatic carbocycles. The van der Waals surface area contributed by atoms with Crippen LogP contribution >= 0.6 is 7.92 Å². The van der Waals surface area contributed by atoms with Gasteiger partial charge in [0.2, 0.25) is 0 Å². The van der Waals surface area contributed by atoms with Gasteiger partial charge in [0.25, 0.3) is 0 Å². The van der Waals surface area contributed by atoms with Gasteiger partial charge >= 0.3 is 0 Å². The highest BCUT2D eigenvalue weighted by atomic mass is 31.1. The zero-order valence-electron chi connectivity index (χ0n) is 17.4. The lowest BCUT2D eigenvalue weighted by Crippen LogP contribution is -2.26. The predicted molar refractivity (Wildman–Crippen MR) is 115 cm³/mol. The summed E-state index contributed by atoms with van der Waals surface area (Å²) in [6, 6.07) is 20.1. The molecule has 0 spiro atoms. The molecule has 0 radical (unpaired) electrons. The second-order valence-electron chi connectivity index (χ2n) is 9.62. The third kappa shape index (κ3) is 4.95. The normalized spacial score (nSPS) is 13.3. The van der Waals surface area contributed by atoms with Crippen LogP contribution in [0.25, 0.3) is 0 Å². The third-order valence-corrected chi connectivity index (χ3v) is 9.02. The van der Waals surface area contributed by atoms with E-state index in [9.17, 15) is 0 Å². The van der Waals surface area contributed by atoms with Gasteiger partial charge in [0.1, 0.15) is 0 Å². The van der Waals surface area contributed by atoms with Crippen molar-refractivity contribution in [3.05, 3.63) is 71.3 Å². The van der Waals surface area contributed by atoms with E-state index < -0.39 is 0 Å². The van der Waals surface area contributed by atoms with Gasteiger partial charge in [0.15, 0.2) is 0 Å². The lowest BCUT2D eigenvalue weighted by atomic mass is 9.78. The molecule has 2 aromatic rings. The van der Waals surface area contributed by atoms with Crippen molar-refractivity contribution in [2.75, 3.05) is 0 Å². The molecule has 1 heteroatoms. The van der Waals surface area contributed by atoms with Gasteiger partial charge in [0.05, 0.1) is 0 Å². The number of hydrogen-bond acceptors (Lipinski definition) is 0. The first kappa shape index (κ1) is 20.2. The molecule has 0 saturated carbocycles. The summed E-state index contributed by atoms with van der Waals surface area (Å²) in [6.07, 6.45) is 1.20. The van der Waals surface area contributed by atoms with E-state index in [-0.39, 0.29) is 13.3 Å². The van der Waals surface area contributed by atoms with Crippen LogP contribution in [0, 0.1) is 0 Å². The molecule has 0 saturated heterocycles. The van der Waals surface area contributed by atoms with Gasteiger partial charge < -0.3 is 0 Å². The van der Waals surface area contributed by atoms with Crippen molar-refractivity contribution in [2.24, 2.45) is 0 Å². The molecular weight excluding hydrogens is 319 g/mol. The van der Waals surface area contributed by atoms with E-state index in [4.69, 9.17) is 0 Å². The molecular formula is C24H35P. The molecule has 136 valence electrons. The Morgan fingerprint density at radius 3 is 1.68 bits per heavy atom. The molecule has 0 unspecified atom stereocenters. The topological polar surface area (TPSA) is 0 Å². The highest BCUT2D eigenvalue weighted by molar-refractivity contribution is 7.60. The molecule has 0 aromatic heterocycles. The first-order valence-electron chi connectivity index (χ1n) is 9.35. The predicted octanol–water partition coefficient (Wildman–Crippen LogP) is 7.59. The summed E-state index contributed by atoms with van der Waals surface area (Å²) in [6.45, 7) is 19.1. The van der Waals surface area contributed by atoms with E-state index >= 15 is 0 Å². The molecule has 25 heavy (non-hydrogen) atoms. The standard InChI is InChI=1S/C24H35P/c1-22(2,3)25(23(4,5)6)18-19-13-12-16-21(17-19)24(7,8)20-14-10-9-11-15-20/h9-17H,18H2,1-8H3. The van der Waals surface area contributed by atoms with Crippen molar-refractivity contribution < 1.29 is 0 Å². The highest BCUT2D eigenvalue weighted by Gasteiger charge is 2.34. The van der Waals surface area contributed by atoms with Crippen molar-refractivity contribution in [1.29, 1.82) is 0 Å². The van der Waals surface area contributed by atoms with Crippen LogP contribution in [0.3, 0.4) is 0 Å². The van der Waals surface area contributed by atoms with Gasteiger partial charge in [-0.3, -0.25) is 0 Å².